The van der Waals surface area contributed by atoms with Crippen molar-refractivity contribution in [3.63, 3.8) is 0 Å². The second-order valence-electron chi connectivity index (χ2n) is 4.27. The first-order chi connectivity index (χ1) is 9.67. The van der Waals surface area contributed by atoms with Crippen LogP contribution in [-0.4, -0.2) is 22.7 Å². The number of rotatable bonds is 6. The van der Waals surface area contributed by atoms with Crippen LogP contribution in [-0.2, 0) is 17.8 Å². The molecule has 0 aliphatic heterocycles. The minimum absolute atomic E-state index is 0.0926. The lowest BCUT2D eigenvalue weighted by atomic mass is 10.1. The summed E-state index contributed by atoms with van der Waals surface area (Å²) in [6.07, 6.45) is 0.305. The molecule has 0 aliphatic carbocycles. The van der Waals surface area contributed by atoms with Gasteiger partial charge < -0.3 is 14.6 Å². The van der Waals surface area contributed by atoms with Gasteiger partial charge >= 0.3 is 0 Å². The van der Waals surface area contributed by atoms with E-state index in [1.54, 1.807) is 6.92 Å². The maximum Gasteiger partial charge on any atom is 0.246 e. The largest absolute Gasteiger partial charge is 0.494 e. The van der Waals surface area contributed by atoms with Gasteiger partial charge in [0.2, 0.25) is 11.8 Å². The molecular weight excluding hydrogens is 258 g/mol. The monoisotopic (exact) mass is 275 g/mol. The highest BCUT2D eigenvalue weighted by Crippen LogP contribution is 2.12. The Morgan fingerprint density at radius 3 is 2.70 bits per heavy atom. The molecule has 0 saturated carbocycles. The fourth-order valence-electron chi connectivity index (χ4n) is 1.70. The first-order valence-electron chi connectivity index (χ1n) is 6.45. The van der Waals surface area contributed by atoms with Crippen molar-refractivity contribution >= 4 is 5.91 Å². The molecule has 1 N–H and O–H groups in total. The average molecular weight is 275 g/mol. The van der Waals surface area contributed by atoms with E-state index >= 15 is 0 Å². The Morgan fingerprint density at radius 2 is 2.10 bits per heavy atom. The fourth-order valence-corrected chi connectivity index (χ4v) is 1.70. The van der Waals surface area contributed by atoms with Gasteiger partial charge in [0.1, 0.15) is 5.75 Å². The molecule has 6 nitrogen and oxygen atoms in total. The van der Waals surface area contributed by atoms with Crippen molar-refractivity contribution in [2.75, 3.05) is 6.61 Å². The summed E-state index contributed by atoms with van der Waals surface area (Å²) in [5.41, 5.74) is 0.924. The van der Waals surface area contributed by atoms with Crippen LogP contribution in [0.5, 0.6) is 5.75 Å². The molecule has 0 atom stereocenters. The highest BCUT2D eigenvalue weighted by atomic mass is 16.5. The maximum absolute atomic E-state index is 11.8. The molecule has 0 aliphatic rings. The van der Waals surface area contributed by atoms with Gasteiger partial charge in [-0.2, -0.15) is 4.98 Å². The summed E-state index contributed by atoms with van der Waals surface area (Å²) >= 11 is 0. The predicted octanol–water partition coefficient (Wildman–Crippen LogP) is 1.64. The van der Waals surface area contributed by atoms with Gasteiger partial charge in [0.05, 0.1) is 19.6 Å². The number of aromatic nitrogens is 2. The third-order valence-corrected chi connectivity index (χ3v) is 2.61. The molecule has 0 bridgehead atoms. The van der Waals surface area contributed by atoms with Gasteiger partial charge in [-0.05, 0) is 31.5 Å². The molecule has 2 rings (SSSR count). The quantitative estimate of drug-likeness (QED) is 0.867. The number of carbonyl (C=O) groups is 1. The molecule has 0 radical (unpaired) electrons. The third-order valence-electron chi connectivity index (χ3n) is 2.61. The second kappa shape index (κ2) is 6.70. The fraction of sp³-hybridized carbons (Fsp3) is 0.357. The minimum Gasteiger partial charge on any atom is -0.494 e. The minimum atomic E-state index is -0.0926. The lowest BCUT2D eigenvalue weighted by Gasteiger charge is -2.05. The van der Waals surface area contributed by atoms with E-state index < -0.39 is 0 Å². The molecule has 6 heteroatoms. The molecule has 1 amide bonds. The number of nitrogens with one attached hydrogen (secondary N) is 1. The Bertz CT molecular complexity index is 563. The number of hydrogen-bond acceptors (Lipinski definition) is 5. The number of ether oxygens (including phenoxy) is 1. The van der Waals surface area contributed by atoms with Crippen LogP contribution < -0.4 is 10.1 Å². The van der Waals surface area contributed by atoms with Crippen LogP contribution in [0, 0.1) is 6.92 Å². The van der Waals surface area contributed by atoms with Gasteiger partial charge in [-0.1, -0.05) is 17.3 Å². The standard InChI is InChI=1S/C14H17N3O3/c1-3-19-12-6-4-11(5-7-12)8-13(18)15-9-14-16-10(2)17-20-14/h4-7H,3,8-9H2,1-2H3,(H,15,18). The van der Waals surface area contributed by atoms with Crippen LogP contribution in [0.1, 0.15) is 24.2 Å². The summed E-state index contributed by atoms with van der Waals surface area (Å²) in [6, 6.07) is 7.46. The summed E-state index contributed by atoms with van der Waals surface area (Å²) in [5, 5.41) is 6.39. The molecule has 0 unspecified atom stereocenters. The van der Waals surface area contributed by atoms with E-state index in [9.17, 15) is 4.79 Å². The second-order valence-corrected chi connectivity index (χ2v) is 4.27. The Kier molecular flexibility index (Phi) is 4.70. The molecule has 0 spiro atoms. The molecule has 2 aromatic rings. The van der Waals surface area contributed by atoms with E-state index in [1.807, 2.05) is 31.2 Å². The van der Waals surface area contributed by atoms with Gasteiger partial charge in [-0.25, -0.2) is 0 Å². The Hall–Kier alpha value is -2.37. The van der Waals surface area contributed by atoms with Crippen LogP contribution in [0.3, 0.4) is 0 Å². The van der Waals surface area contributed by atoms with Crippen LogP contribution in [0.15, 0.2) is 28.8 Å². The van der Waals surface area contributed by atoms with Gasteiger partial charge in [-0.15, -0.1) is 0 Å². The summed E-state index contributed by atoms with van der Waals surface area (Å²) < 4.78 is 10.3. The third kappa shape index (κ3) is 4.08. The lowest BCUT2D eigenvalue weighted by Crippen LogP contribution is -2.24. The molecule has 20 heavy (non-hydrogen) atoms. The van der Waals surface area contributed by atoms with Crippen molar-refractivity contribution in [1.29, 1.82) is 0 Å². The van der Waals surface area contributed by atoms with E-state index in [1.165, 1.54) is 0 Å². The highest BCUT2D eigenvalue weighted by Gasteiger charge is 2.07. The molecule has 0 fully saturated rings. The van der Waals surface area contributed by atoms with E-state index in [0.717, 1.165) is 11.3 Å². The van der Waals surface area contributed by atoms with E-state index in [0.29, 0.717) is 24.7 Å². The molecule has 1 aromatic heterocycles. The van der Waals surface area contributed by atoms with Crippen molar-refractivity contribution in [3.05, 3.63) is 41.5 Å². The normalized spacial score (nSPS) is 10.3. The first kappa shape index (κ1) is 14.0. The van der Waals surface area contributed by atoms with Crippen LogP contribution >= 0.6 is 0 Å². The predicted molar refractivity (Wildman–Crippen MR) is 72.2 cm³/mol. The van der Waals surface area contributed by atoms with Gasteiger partial charge in [0, 0.05) is 0 Å². The van der Waals surface area contributed by atoms with Crippen molar-refractivity contribution in [2.24, 2.45) is 0 Å². The topological polar surface area (TPSA) is 77.2 Å². The first-order valence-corrected chi connectivity index (χ1v) is 6.45. The maximum atomic E-state index is 11.8. The number of aryl methyl sites for hydroxylation is 1. The summed E-state index contributed by atoms with van der Waals surface area (Å²) in [6.45, 7) is 4.54. The number of benzene rings is 1. The van der Waals surface area contributed by atoms with Crippen LogP contribution in [0.25, 0.3) is 0 Å². The smallest absolute Gasteiger partial charge is 0.246 e. The highest BCUT2D eigenvalue weighted by molar-refractivity contribution is 5.78. The van der Waals surface area contributed by atoms with E-state index in [4.69, 9.17) is 9.26 Å². The number of hydrogen-bond donors (Lipinski definition) is 1. The van der Waals surface area contributed by atoms with Crippen molar-refractivity contribution < 1.29 is 14.1 Å². The number of carbonyl (C=O) groups excluding carboxylic acids is 1. The molecule has 106 valence electrons. The average Bonchev–Trinajstić information content (AvgIpc) is 2.85. The van der Waals surface area contributed by atoms with Crippen molar-refractivity contribution in [1.82, 2.24) is 15.5 Å². The molecule has 1 aromatic carbocycles. The van der Waals surface area contributed by atoms with E-state index in [2.05, 4.69) is 15.5 Å². The molecule has 1 heterocycles. The molecular formula is C14H17N3O3. The van der Waals surface area contributed by atoms with Crippen LogP contribution in [0.2, 0.25) is 0 Å². The van der Waals surface area contributed by atoms with Crippen molar-refractivity contribution in [3.8, 4) is 5.75 Å². The number of amides is 1. The van der Waals surface area contributed by atoms with E-state index in [-0.39, 0.29) is 12.5 Å². The Balaban J connectivity index is 1.81. The van der Waals surface area contributed by atoms with Gasteiger partial charge in [0.15, 0.2) is 5.82 Å². The zero-order valence-electron chi connectivity index (χ0n) is 11.5. The van der Waals surface area contributed by atoms with Crippen molar-refractivity contribution in [2.45, 2.75) is 26.8 Å². The van der Waals surface area contributed by atoms with Gasteiger partial charge in [-0.3, -0.25) is 4.79 Å². The zero-order valence-corrected chi connectivity index (χ0v) is 11.5. The summed E-state index contributed by atoms with van der Waals surface area (Å²) in [7, 11) is 0. The number of nitrogens with zero attached hydrogens (tertiary/aromatic N) is 2. The van der Waals surface area contributed by atoms with Gasteiger partial charge in [0.25, 0.3) is 0 Å². The lowest BCUT2D eigenvalue weighted by molar-refractivity contribution is -0.120. The summed E-state index contributed by atoms with van der Waals surface area (Å²) in [4.78, 5) is 15.8. The molecule has 0 saturated heterocycles. The zero-order chi connectivity index (χ0) is 14.4. The van der Waals surface area contributed by atoms with Crippen LogP contribution in [0.4, 0.5) is 0 Å². The Morgan fingerprint density at radius 1 is 1.35 bits per heavy atom. The SMILES string of the molecule is CCOc1ccc(CC(=O)NCc2nc(C)no2)cc1. The summed E-state index contributed by atoms with van der Waals surface area (Å²) in [5.74, 6) is 1.67. The Labute approximate surface area is 117 Å².